The molecule has 1 atom stereocenters. The van der Waals surface area contributed by atoms with Gasteiger partial charge in [0, 0.05) is 22.8 Å². The van der Waals surface area contributed by atoms with Gasteiger partial charge >= 0.3 is 0 Å². The van der Waals surface area contributed by atoms with Gasteiger partial charge in [-0.05, 0) is 20.8 Å². The van der Waals surface area contributed by atoms with Gasteiger partial charge in [-0.1, -0.05) is 0 Å². The number of anilines is 2. The Hall–Kier alpha value is -1.73. The quantitative estimate of drug-likeness (QED) is 0.578. The monoisotopic (exact) mass is 264 g/mol. The van der Waals surface area contributed by atoms with Gasteiger partial charge in [-0.25, -0.2) is 15.8 Å². The number of hydrogen-bond donors (Lipinski definition) is 3. The van der Waals surface area contributed by atoms with Crippen LogP contribution in [0.3, 0.4) is 0 Å². The number of hydrazine groups is 1. The lowest BCUT2D eigenvalue weighted by Crippen LogP contribution is -2.14. The van der Waals surface area contributed by atoms with Gasteiger partial charge in [0.05, 0.1) is 6.04 Å². The van der Waals surface area contributed by atoms with Crippen molar-refractivity contribution >= 4 is 23.1 Å². The molecule has 0 radical (unpaired) electrons. The molecule has 2 aromatic rings. The summed E-state index contributed by atoms with van der Waals surface area (Å²) in [6.45, 7) is 6.04. The summed E-state index contributed by atoms with van der Waals surface area (Å²) in [7, 11) is 0. The molecule has 1 unspecified atom stereocenters. The zero-order valence-corrected chi connectivity index (χ0v) is 11.4. The molecular formula is C11H16N6S. The van der Waals surface area contributed by atoms with E-state index in [4.69, 9.17) is 5.84 Å². The lowest BCUT2D eigenvalue weighted by Gasteiger charge is -2.14. The second kappa shape index (κ2) is 5.28. The fourth-order valence-electron chi connectivity index (χ4n) is 1.50. The zero-order chi connectivity index (χ0) is 13.1. The van der Waals surface area contributed by atoms with Crippen molar-refractivity contribution in [2.24, 2.45) is 5.84 Å². The highest BCUT2D eigenvalue weighted by Gasteiger charge is 2.12. The highest BCUT2D eigenvalue weighted by Crippen LogP contribution is 2.24. The van der Waals surface area contributed by atoms with Crippen molar-refractivity contribution in [2.45, 2.75) is 26.8 Å². The summed E-state index contributed by atoms with van der Waals surface area (Å²) in [5, 5.41) is 4.35. The van der Waals surface area contributed by atoms with Crippen LogP contribution in [0.4, 0.5) is 11.8 Å². The molecule has 0 spiro atoms. The van der Waals surface area contributed by atoms with Gasteiger partial charge in [-0.3, -0.25) is 5.43 Å². The Labute approximate surface area is 110 Å². The van der Waals surface area contributed by atoms with Crippen LogP contribution in [0.15, 0.2) is 12.4 Å². The second-order valence-corrected chi connectivity index (χ2v) is 5.31. The van der Waals surface area contributed by atoms with Crippen LogP contribution in [0.5, 0.6) is 0 Å². The van der Waals surface area contributed by atoms with Crippen LogP contribution >= 0.6 is 11.3 Å². The van der Waals surface area contributed by atoms with Gasteiger partial charge in [0.1, 0.15) is 10.8 Å². The van der Waals surface area contributed by atoms with Crippen molar-refractivity contribution in [2.75, 3.05) is 10.7 Å². The Bertz CT molecular complexity index is 538. The van der Waals surface area contributed by atoms with E-state index in [2.05, 4.69) is 32.6 Å². The fraction of sp³-hybridized carbons (Fsp3) is 0.364. The summed E-state index contributed by atoms with van der Waals surface area (Å²) < 4.78 is 0. The van der Waals surface area contributed by atoms with Gasteiger partial charge in [0.2, 0.25) is 5.95 Å². The van der Waals surface area contributed by atoms with Crippen LogP contribution in [0, 0.1) is 13.8 Å². The van der Waals surface area contributed by atoms with Crippen LogP contribution in [0.25, 0.3) is 0 Å². The highest BCUT2D eigenvalue weighted by molar-refractivity contribution is 7.11. The lowest BCUT2D eigenvalue weighted by atomic mass is 10.3. The molecule has 4 N–H and O–H groups in total. The van der Waals surface area contributed by atoms with Crippen LogP contribution < -0.4 is 16.6 Å². The second-order valence-electron chi connectivity index (χ2n) is 4.04. The Morgan fingerprint density at radius 2 is 2.06 bits per heavy atom. The minimum Gasteiger partial charge on any atom is -0.361 e. The summed E-state index contributed by atoms with van der Waals surface area (Å²) in [6.07, 6.45) is 3.60. The standard InChI is InChI=1S/C11H16N6S/c1-6-4-14-11(17-12)16-9(6)15-8(3)10-13-5-7(2)18-10/h4-5,8H,12H2,1-3H3,(H2,14,15,16,17). The molecule has 0 fully saturated rings. The van der Waals surface area contributed by atoms with Crippen molar-refractivity contribution in [3.8, 4) is 0 Å². The number of thiazole rings is 1. The maximum absolute atomic E-state index is 5.30. The van der Waals surface area contributed by atoms with E-state index in [-0.39, 0.29) is 6.04 Å². The maximum Gasteiger partial charge on any atom is 0.239 e. The van der Waals surface area contributed by atoms with E-state index < -0.39 is 0 Å². The molecule has 18 heavy (non-hydrogen) atoms. The molecule has 0 aliphatic carbocycles. The first kappa shape index (κ1) is 12.7. The molecule has 0 amide bonds. The van der Waals surface area contributed by atoms with Crippen LogP contribution in [-0.4, -0.2) is 15.0 Å². The fourth-order valence-corrected chi connectivity index (χ4v) is 2.27. The van der Waals surface area contributed by atoms with Crippen molar-refractivity contribution in [3.63, 3.8) is 0 Å². The van der Waals surface area contributed by atoms with E-state index in [0.29, 0.717) is 5.95 Å². The third-order valence-electron chi connectivity index (χ3n) is 2.46. The van der Waals surface area contributed by atoms with Crippen LogP contribution in [-0.2, 0) is 0 Å². The summed E-state index contributed by atoms with van der Waals surface area (Å²) in [6, 6.07) is 0.0999. The molecule has 2 aromatic heterocycles. The Kier molecular flexibility index (Phi) is 3.73. The van der Waals surface area contributed by atoms with E-state index >= 15 is 0 Å². The minimum atomic E-state index is 0.0999. The summed E-state index contributed by atoms with van der Waals surface area (Å²) in [4.78, 5) is 13.9. The first-order valence-electron chi connectivity index (χ1n) is 5.59. The molecule has 0 bridgehead atoms. The van der Waals surface area contributed by atoms with Gasteiger partial charge in [0.25, 0.3) is 0 Å². The first-order valence-corrected chi connectivity index (χ1v) is 6.41. The average Bonchev–Trinajstić information content (AvgIpc) is 2.79. The number of nitrogens with one attached hydrogen (secondary N) is 2. The largest absolute Gasteiger partial charge is 0.361 e. The van der Waals surface area contributed by atoms with Crippen LogP contribution in [0.1, 0.15) is 28.4 Å². The molecule has 7 heteroatoms. The minimum absolute atomic E-state index is 0.0999. The molecule has 2 rings (SSSR count). The van der Waals surface area contributed by atoms with Gasteiger partial charge in [-0.15, -0.1) is 11.3 Å². The van der Waals surface area contributed by atoms with Gasteiger partial charge < -0.3 is 5.32 Å². The molecule has 0 aliphatic heterocycles. The van der Waals surface area contributed by atoms with E-state index in [0.717, 1.165) is 16.4 Å². The Morgan fingerprint density at radius 3 is 2.67 bits per heavy atom. The van der Waals surface area contributed by atoms with Crippen molar-refractivity contribution in [1.82, 2.24) is 15.0 Å². The number of hydrogen-bond acceptors (Lipinski definition) is 7. The summed E-state index contributed by atoms with van der Waals surface area (Å²) in [5.41, 5.74) is 3.40. The normalized spacial score (nSPS) is 12.2. The highest BCUT2D eigenvalue weighted by atomic mass is 32.1. The SMILES string of the molecule is Cc1cnc(C(C)Nc2nc(NN)ncc2C)s1. The maximum atomic E-state index is 5.30. The third-order valence-corrected chi connectivity index (χ3v) is 3.56. The average molecular weight is 264 g/mol. The molecule has 0 aliphatic rings. The molecule has 2 heterocycles. The van der Waals surface area contributed by atoms with Crippen molar-refractivity contribution in [1.29, 1.82) is 0 Å². The molecule has 0 aromatic carbocycles. The lowest BCUT2D eigenvalue weighted by molar-refractivity contribution is 0.855. The summed E-state index contributed by atoms with van der Waals surface area (Å²) >= 11 is 1.67. The zero-order valence-electron chi connectivity index (χ0n) is 10.6. The smallest absolute Gasteiger partial charge is 0.239 e. The van der Waals surface area contributed by atoms with E-state index in [9.17, 15) is 0 Å². The third kappa shape index (κ3) is 2.74. The van der Waals surface area contributed by atoms with Gasteiger partial charge in [0.15, 0.2) is 0 Å². The van der Waals surface area contributed by atoms with Crippen molar-refractivity contribution < 1.29 is 0 Å². The molecule has 6 nitrogen and oxygen atoms in total. The number of aromatic nitrogens is 3. The molecular weight excluding hydrogens is 248 g/mol. The predicted molar refractivity (Wildman–Crippen MR) is 73.5 cm³/mol. The van der Waals surface area contributed by atoms with Crippen LogP contribution in [0.2, 0.25) is 0 Å². The van der Waals surface area contributed by atoms with Gasteiger partial charge in [-0.2, -0.15) is 4.98 Å². The number of aryl methyl sites for hydroxylation is 2. The molecule has 96 valence electrons. The Morgan fingerprint density at radius 1 is 1.28 bits per heavy atom. The number of nitrogens with two attached hydrogens (primary N) is 1. The molecule has 0 saturated carbocycles. The number of nitrogens with zero attached hydrogens (tertiary/aromatic N) is 3. The Balaban J connectivity index is 2.18. The van der Waals surface area contributed by atoms with Crippen molar-refractivity contribution in [3.05, 3.63) is 27.8 Å². The number of nitrogen functional groups attached to an aromatic ring is 1. The molecule has 0 saturated heterocycles. The van der Waals surface area contributed by atoms with E-state index in [1.165, 1.54) is 4.88 Å². The van der Waals surface area contributed by atoms with E-state index in [1.807, 2.05) is 20.0 Å². The predicted octanol–water partition coefficient (Wildman–Crippen LogP) is 2.01. The first-order chi connectivity index (χ1) is 8.60. The van der Waals surface area contributed by atoms with E-state index in [1.54, 1.807) is 17.5 Å². The topological polar surface area (TPSA) is 88.8 Å². The summed E-state index contributed by atoms with van der Waals surface area (Å²) in [5.74, 6) is 6.46. The number of rotatable bonds is 4.